The normalized spacial score (nSPS) is 23.9. The van der Waals surface area contributed by atoms with Crippen molar-refractivity contribution >= 4 is 11.9 Å². The van der Waals surface area contributed by atoms with E-state index in [1.807, 2.05) is 0 Å². The molecule has 92 valence electrons. The Labute approximate surface area is 95.6 Å². The van der Waals surface area contributed by atoms with Gasteiger partial charge in [0, 0.05) is 18.5 Å². The summed E-state index contributed by atoms with van der Waals surface area (Å²) in [7, 11) is 0. The molecule has 1 rings (SSSR count). The zero-order valence-electron chi connectivity index (χ0n) is 9.69. The van der Waals surface area contributed by atoms with Crippen LogP contribution < -0.4 is 5.73 Å². The van der Waals surface area contributed by atoms with Gasteiger partial charge >= 0.3 is 5.97 Å². The fraction of sp³-hybridized carbons (Fsp3) is 0.818. The first kappa shape index (κ1) is 13.0. The van der Waals surface area contributed by atoms with Crippen LogP contribution in [0.2, 0.25) is 0 Å². The molecular weight excluding hydrogens is 208 g/mol. The predicted molar refractivity (Wildman–Crippen MR) is 59.8 cm³/mol. The van der Waals surface area contributed by atoms with Gasteiger partial charge in [0.25, 0.3) is 0 Å². The van der Waals surface area contributed by atoms with Crippen molar-refractivity contribution in [1.29, 1.82) is 0 Å². The summed E-state index contributed by atoms with van der Waals surface area (Å²) in [6.07, 6.45) is 3.20. The van der Waals surface area contributed by atoms with Gasteiger partial charge in [0.2, 0.25) is 5.91 Å². The van der Waals surface area contributed by atoms with Crippen LogP contribution >= 0.6 is 0 Å². The van der Waals surface area contributed by atoms with E-state index < -0.39 is 5.97 Å². The topological polar surface area (TPSA) is 83.6 Å². The number of piperidine rings is 1. The predicted octanol–water partition coefficient (Wildman–Crippen LogP) is 0.437. The van der Waals surface area contributed by atoms with Crippen LogP contribution in [-0.2, 0) is 9.59 Å². The van der Waals surface area contributed by atoms with Gasteiger partial charge in [-0.05, 0) is 19.4 Å². The second-order valence-corrected chi connectivity index (χ2v) is 4.55. The number of hydrogen-bond acceptors (Lipinski definition) is 3. The molecule has 2 unspecified atom stereocenters. The summed E-state index contributed by atoms with van der Waals surface area (Å²) in [6.45, 7) is 3.23. The highest BCUT2D eigenvalue weighted by molar-refractivity contribution is 5.76. The molecule has 0 aliphatic carbocycles. The monoisotopic (exact) mass is 228 g/mol. The van der Waals surface area contributed by atoms with Crippen LogP contribution in [0.25, 0.3) is 0 Å². The van der Waals surface area contributed by atoms with Crippen molar-refractivity contribution in [1.82, 2.24) is 4.90 Å². The third-order valence-corrected chi connectivity index (χ3v) is 3.15. The lowest BCUT2D eigenvalue weighted by Crippen LogP contribution is -2.45. The van der Waals surface area contributed by atoms with E-state index in [0.717, 1.165) is 25.8 Å². The van der Waals surface area contributed by atoms with Crippen molar-refractivity contribution in [3.63, 3.8) is 0 Å². The van der Waals surface area contributed by atoms with E-state index in [2.05, 4.69) is 4.90 Å². The molecule has 1 amide bonds. The average Bonchev–Trinajstić information content (AvgIpc) is 2.20. The van der Waals surface area contributed by atoms with Gasteiger partial charge in [0.1, 0.15) is 0 Å². The van der Waals surface area contributed by atoms with E-state index >= 15 is 0 Å². The third kappa shape index (κ3) is 3.81. The number of amides is 1. The van der Waals surface area contributed by atoms with Crippen LogP contribution in [-0.4, -0.2) is 41.0 Å². The number of primary amides is 1. The van der Waals surface area contributed by atoms with Crippen LogP contribution in [0, 0.1) is 5.92 Å². The molecule has 0 spiro atoms. The smallest absolute Gasteiger partial charge is 0.304 e. The molecule has 0 aromatic heterocycles. The summed E-state index contributed by atoms with van der Waals surface area (Å²) < 4.78 is 0. The Bertz CT molecular complexity index is 268. The lowest BCUT2D eigenvalue weighted by Gasteiger charge is -2.36. The maximum atomic E-state index is 11.0. The number of rotatable bonds is 5. The number of nitrogens with zero attached hydrogens (tertiary/aromatic N) is 1. The number of nitrogens with two attached hydrogens (primary N) is 1. The fourth-order valence-corrected chi connectivity index (χ4v) is 2.17. The lowest BCUT2D eigenvalue weighted by atomic mass is 9.97. The molecule has 2 atom stereocenters. The van der Waals surface area contributed by atoms with Crippen LogP contribution in [0.4, 0.5) is 0 Å². The molecule has 3 N–H and O–H groups in total. The molecule has 0 aromatic rings. The van der Waals surface area contributed by atoms with Gasteiger partial charge < -0.3 is 10.8 Å². The van der Waals surface area contributed by atoms with Crippen LogP contribution in [0.5, 0.6) is 0 Å². The van der Waals surface area contributed by atoms with Crippen molar-refractivity contribution < 1.29 is 14.7 Å². The third-order valence-electron chi connectivity index (χ3n) is 3.15. The molecule has 16 heavy (non-hydrogen) atoms. The Morgan fingerprint density at radius 2 is 2.19 bits per heavy atom. The van der Waals surface area contributed by atoms with Crippen molar-refractivity contribution in [3.05, 3.63) is 0 Å². The largest absolute Gasteiger partial charge is 0.481 e. The van der Waals surface area contributed by atoms with E-state index in [-0.39, 0.29) is 24.3 Å². The SMILES string of the molecule is CC(CN1CCCCC1CC(=O)O)C(N)=O. The Kier molecular flexibility index (Phi) is 4.73. The first-order valence-corrected chi connectivity index (χ1v) is 5.76. The summed E-state index contributed by atoms with van der Waals surface area (Å²) in [5, 5.41) is 8.81. The molecule has 0 bridgehead atoms. The van der Waals surface area contributed by atoms with E-state index in [9.17, 15) is 9.59 Å². The zero-order valence-corrected chi connectivity index (χ0v) is 9.69. The number of carbonyl (C=O) groups is 2. The van der Waals surface area contributed by atoms with Gasteiger partial charge in [-0.15, -0.1) is 0 Å². The Balaban J connectivity index is 2.52. The minimum Gasteiger partial charge on any atom is -0.481 e. The number of aliphatic carboxylic acids is 1. The highest BCUT2D eigenvalue weighted by atomic mass is 16.4. The summed E-state index contributed by atoms with van der Waals surface area (Å²) in [4.78, 5) is 23.8. The molecule has 1 aliphatic rings. The molecular formula is C11H20N2O3. The van der Waals surface area contributed by atoms with Gasteiger partial charge in [0.15, 0.2) is 0 Å². The second-order valence-electron chi connectivity index (χ2n) is 4.55. The molecule has 5 heteroatoms. The summed E-state index contributed by atoms with van der Waals surface area (Å²) in [5.41, 5.74) is 5.22. The van der Waals surface area contributed by atoms with Gasteiger partial charge in [-0.3, -0.25) is 14.5 Å². The minimum absolute atomic E-state index is 0.0630. The van der Waals surface area contributed by atoms with Gasteiger partial charge in [0.05, 0.1) is 6.42 Å². The van der Waals surface area contributed by atoms with Gasteiger partial charge in [-0.2, -0.15) is 0 Å². The quantitative estimate of drug-likeness (QED) is 0.715. The van der Waals surface area contributed by atoms with E-state index in [0.29, 0.717) is 6.54 Å². The average molecular weight is 228 g/mol. The minimum atomic E-state index is -0.774. The maximum absolute atomic E-state index is 11.0. The van der Waals surface area contributed by atoms with E-state index in [4.69, 9.17) is 10.8 Å². The molecule has 1 fully saturated rings. The van der Waals surface area contributed by atoms with Crippen molar-refractivity contribution in [3.8, 4) is 0 Å². The maximum Gasteiger partial charge on any atom is 0.304 e. The van der Waals surface area contributed by atoms with Crippen LogP contribution in [0.15, 0.2) is 0 Å². The lowest BCUT2D eigenvalue weighted by molar-refractivity contribution is -0.138. The Hall–Kier alpha value is -1.10. The molecule has 0 saturated carbocycles. The van der Waals surface area contributed by atoms with Crippen LogP contribution in [0.3, 0.4) is 0 Å². The molecule has 0 radical (unpaired) electrons. The molecule has 0 aromatic carbocycles. The Morgan fingerprint density at radius 1 is 1.50 bits per heavy atom. The van der Waals surface area contributed by atoms with Gasteiger partial charge in [-0.1, -0.05) is 13.3 Å². The summed E-state index contributed by atoms with van der Waals surface area (Å²) in [6, 6.07) is 0.0630. The van der Waals surface area contributed by atoms with Gasteiger partial charge in [-0.25, -0.2) is 0 Å². The highest BCUT2D eigenvalue weighted by Crippen LogP contribution is 2.20. The number of likely N-dealkylation sites (tertiary alicyclic amines) is 1. The highest BCUT2D eigenvalue weighted by Gasteiger charge is 2.26. The van der Waals surface area contributed by atoms with Crippen LogP contribution in [0.1, 0.15) is 32.6 Å². The number of carboxylic acid groups (broad SMARTS) is 1. The molecule has 1 saturated heterocycles. The van der Waals surface area contributed by atoms with E-state index in [1.165, 1.54) is 0 Å². The number of hydrogen-bond donors (Lipinski definition) is 2. The molecule has 1 aliphatic heterocycles. The van der Waals surface area contributed by atoms with Crippen molar-refractivity contribution in [2.75, 3.05) is 13.1 Å². The first-order valence-electron chi connectivity index (χ1n) is 5.76. The number of carboxylic acids is 1. The molecule has 1 heterocycles. The zero-order chi connectivity index (χ0) is 12.1. The summed E-state index contributed by atoms with van der Waals surface area (Å²) >= 11 is 0. The van der Waals surface area contributed by atoms with E-state index in [1.54, 1.807) is 6.92 Å². The first-order chi connectivity index (χ1) is 7.50. The molecule has 5 nitrogen and oxygen atoms in total. The number of carbonyl (C=O) groups excluding carboxylic acids is 1. The standard InChI is InChI=1S/C11H20N2O3/c1-8(11(12)16)7-13-5-3-2-4-9(13)6-10(14)15/h8-9H,2-7H2,1H3,(H2,12,16)(H,14,15). The fourth-order valence-electron chi connectivity index (χ4n) is 2.17. The van der Waals surface area contributed by atoms with Crippen molar-refractivity contribution in [2.45, 2.75) is 38.6 Å². The Morgan fingerprint density at radius 3 is 2.75 bits per heavy atom. The second kappa shape index (κ2) is 5.84. The van der Waals surface area contributed by atoms with Crippen molar-refractivity contribution in [2.24, 2.45) is 11.7 Å². The summed E-state index contributed by atoms with van der Waals surface area (Å²) in [5.74, 6) is -1.31.